The van der Waals surface area contributed by atoms with Crippen LogP contribution in [-0.2, 0) is 15.7 Å². The molecule has 0 radical (unpaired) electrons. The largest absolute Gasteiger partial charge is 0.507 e. The number of piperidine rings is 1. The quantitative estimate of drug-likeness (QED) is 0.317. The number of halogens is 3. The fraction of sp³-hybridized carbons (Fsp3) is 0.522. The Morgan fingerprint density at radius 3 is 2.62 bits per heavy atom. The third-order valence-electron chi connectivity index (χ3n) is 5.66. The number of phenolic OH excluding ortho intramolecular Hbond substituents is 1. The van der Waals surface area contributed by atoms with Crippen molar-refractivity contribution >= 4 is 11.8 Å². The van der Waals surface area contributed by atoms with Crippen LogP contribution < -0.4 is 10.6 Å². The topological polar surface area (TPSA) is 117 Å². The van der Waals surface area contributed by atoms with E-state index in [9.17, 15) is 23.1 Å². The average molecular weight is 483 g/mol. The van der Waals surface area contributed by atoms with Gasteiger partial charge >= 0.3 is 12.1 Å². The van der Waals surface area contributed by atoms with Crippen molar-refractivity contribution in [3.63, 3.8) is 0 Å². The number of carbonyl (C=O) groups excluding carboxylic acids is 1. The first-order chi connectivity index (χ1) is 16.2. The van der Waals surface area contributed by atoms with Gasteiger partial charge in [0, 0.05) is 24.8 Å². The van der Waals surface area contributed by atoms with Gasteiger partial charge in [-0.25, -0.2) is 0 Å². The minimum absolute atomic E-state index is 0.00706. The maximum absolute atomic E-state index is 12.8. The number of benzene rings is 1. The summed E-state index contributed by atoms with van der Waals surface area (Å²) in [6, 6.07) is 4.10. The molecule has 0 spiro atoms. The standard InChI is InChI=1S/C23H29F3N4O4/c1-14-11-20(29-30-21(14)17-7-5-15(12-19(17)32)23(24,25)26)28-16-6-8-18(27-13-16)22(33)34-10-4-2-3-9-31/h5,7,11-12,16,18,27,31-32H,2-4,6,8-10,13H2,1H3,(H,28,29)/t16-,18+/m1/s1. The SMILES string of the molecule is Cc1cc(N[C@@H]2CC[C@@H](C(=O)OCCCCCO)NC2)nnc1-c1ccc(C(F)(F)F)cc1O. The Morgan fingerprint density at radius 1 is 1.21 bits per heavy atom. The number of ether oxygens (including phenoxy) is 1. The number of esters is 1. The molecule has 1 aromatic carbocycles. The molecule has 2 aromatic rings. The normalized spacial score (nSPS) is 18.5. The zero-order chi connectivity index (χ0) is 24.7. The van der Waals surface area contributed by atoms with Crippen molar-refractivity contribution in [1.29, 1.82) is 0 Å². The molecule has 1 aromatic heterocycles. The zero-order valence-electron chi connectivity index (χ0n) is 18.9. The number of aliphatic hydroxyl groups is 1. The smallest absolute Gasteiger partial charge is 0.416 e. The van der Waals surface area contributed by atoms with Gasteiger partial charge in [0.1, 0.15) is 17.6 Å². The molecule has 186 valence electrons. The lowest BCUT2D eigenvalue weighted by Gasteiger charge is -2.29. The van der Waals surface area contributed by atoms with Gasteiger partial charge in [-0.2, -0.15) is 13.2 Å². The van der Waals surface area contributed by atoms with E-state index in [-0.39, 0.29) is 30.2 Å². The predicted molar refractivity (Wildman–Crippen MR) is 119 cm³/mol. The van der Waals surface area contributed by atoms with E-state index in [1.165, 1.54) is 6.07 Å². The van der Waals surface area contributed by atoms with Crippen LogP contribution >= 0.6 is 0 Å². The van der Waals surface area contributed by atoms with E-state index in [0.29, 0.717) is 55.6 Å². The van der Waals surface area contributed by atoms with Gasteiger partial charge in [-0.1, -0.05) is 0 Å². The highest BCUT2D eigenvalue weighted by Gasteiger charge is 2.31. The number of nitrogens with one attached hydrogen (secondary N) is 2. The van der Waals surface area contributed by atoms with E-state index >= 15 is 0 Å². The van der Waals surface area contributed by atoms with E-state index in [2.05, 4.69) is 20.8 Å². The maximum atomic E-state index is 12.8. The summed E-state index contributed by atoms with van der Waals surface area (Å²) in [5.41, 5.74) is 0.159. The number of nitrogens with zero attached hydrogens (tertiary/aromatic N) is 2. The minimum atomic E-state index is -4.55. The first-order valence-electron chi connectivity index (χ1n) is 11.2. The Balaban J connectivity index is 1.53. The van der Waals surface area contributed by atoms with E-state index in [1.54, 1.807) is 13.0 Å². The third kappa shape index (κ3) is 6.80. The molecule has 1 fully saturated rings. The molecule has 0 aliphatic carbocycles. The van der Waals surface area contributed by atoms with Crippen molar-refractivity contribution in [3.05, 3.63) is 35.4 Å². The first-order valence-corrected chi connectivity index (χ1v) is 11.2. The number of phenols is 1. The molecule has 2 atom stereocenters. The lowest BCUT2D eigenvalue weighted by molar-refractivity contribution is -0.147. The fourth-order valence-electron chi connectivity index (χ4n) is 3.78. The van der Waals surface area contributed by atoms with E-state index in [4.69, 9.17) is 9.84 Å². The Kier molecular flexibility index (Phi) is 8.67. The lowest BCUT2D eigenvalue weighted by Crippen LogP contribution is -2.49. The molecule has 34 heavy (non-hydrogen) atoms. The Labute approximate surface area is 195 Å². The number of carbonyl (C=O) groups is 1. The second-order valence-electron chi connectivity index (χ2n) is 8.32. The van der Waals surface area contributed by atoms with Crippen LogP contribution in [0.5, 0.6) is 5.75 Å². The maximum Gasteiger partial charge on any atom is 0.416 e. The van der Waals surface area contributed by atoms with Crippen LogP contribution in [0.1, 0.15) is 43.2 Å². The van der Waals surface area contributed by atoms with Gasteiger partial charge in [-0.3, -0.25) is 4.79 Å². The predicted octanol–water partition coefficient (Wildman–Crippen LogP) is 3.41. The van der Waals surface area contributed by atoms with Crippen molar-refractivity contribution < 1.29 is 32.9 Å². The van der Waals surface area contributed by atoms with Gasteiger partial charge in [0.05, 0.1) is 17.9 Å². The Bertz CT molecular complexity index is 979. The molecular formula is C23H29F3N4O4. The van der Waals surface area contributed by atoms with Crippen LogP contribution in [0.15, 0.2) is 24.3 Å². The Morgan fingerprint density at radius 2 is 2.00 bits per heavy atom. The summed E-state index contributed by atoms with van der Waals surface area (Å²) in [6.07, 6.45) is -1.01. The second-order valence-corrected chi connectivity index (χ2v) is 8.32. The zero-order valence-corrected chi connectivity index (χ0v) is 18.9. The first kappa shape index (κ1) is 25.7. The molecule has 0 bridgehead atoms. The summed E-state index contributed by atoms with van der Waals surface area (Å²) in [5.74, 6) is -0.307. The lowest BCUT2D eigenvalue weighted by atomic mass is 10.0. The van der Waals surface area contributed by atoms with E-state index < -0.39 is 17.5 Å². The van der Waals surface area contributed by atoms with Gasteiger partial charge in [-0.05, 0) is 68.9 Å². The van der Waals surface area contributed by atoms with Crippen molar-refractivity contribution in [2.75, 3.05) is 25.1 Å². The van der Waals surface area contributed by atoms with Gasteiger partial charge in [0.25, 0.3) is 0 Å². The highest BCUT2D eigenvalue weighted by atomic mass is 19.4. The minimum Gasteiger partial charge on any atom is -0.507 e. The molecular weight excluding hydrogens is 453 g/mol. The Hall–Kier alpha value is -2.92. The van der Waals surface area contributed by atoms with Crippen molar-refractivity contribution in [2.24, 2.45) is 0 Å². The number of aryl methyl sites for hydroxylation is 1. The van der Waals surface area contributed by atoms with Gasteiger partial charge in [-0.15, -0.1) is 10.2 Å². The van der Waals surface area contributed by atoms with Crippen LogP contribution in [0.4, 0.5) is 19.0 Å². The monoisotopic (exact) mass is 482 g/mol. The number of unbranched alkanes of at least 4 members (excludes halogenated alkanes) is 2. The highest BCUT2D eigenvalue weighted by Crippen LogP contribution is 2.36. The molecule has 3 rings (SSSR count). The third-order valence-corrected chi connectivity index (χ3v) is 5.66. The van der Waals surface area contributed by atoms with Gasteiger partial charge in [0.15, 0.2) is 0 Å². The molecule has 0 unspecified atom stereocenters. The van der Waals surface area contributed by atoms with Crippen LogP contribution in [0.3, 0.4) is 0 Å². The van der Waals surface area contributed by atoms with Crippen LogP contribution in [0, 0.1) is 6.92 Å². The number of hydrogen-bond donors (Lipinski definition) is 4. The molecule has 1 aliphatic heterocycles. The number of aliphatic hydroxyl groups excluding tert-OH is 1. The number of anilines is 1. The fourth-order valence-corrected chi connectivity index (χ4v) is 3.78. The summed E-state index contributed by atoms with van der Waals surface area (Å²) in [4.78, 5) is 12.2. The number of aromatic hydroxyl groups is 1. The summed E-state index contributed by atoms with van der Waals surface area (Å²) in [7, 11) is 0. The molecule has 1 saturated heterocycles. The number of hydrogen-bond acceptors (Lipinski definition) is 8. The van der Waals surface area contributed by atoms with Crippen LogP contribution in [0.25, 0.3) is 11.3 Å². The van der Waals surface area contributed by atoms with Crippen molar-refractivity contribution in [1.82, 2.24) is 15.5 Å². The molecule has 0 saturated carbocycles. The number of aromatic nitrogens is 2. The molecule has 1 aliphatic rings. The summed E-state index contributed by atoms with van der Waals surface area (Å²) in [6.45, 7) is 2.73. The average Bonchev–Trinajstić information content (AvgIpc) is 2.79. The van der Waals surface area contributed by atoms with Gasteiger partial charge in [0.2, 0.25) is 0 Å². The van der Waals surface area contributed by atoms with E-state index in [0.717, 1.165) is 18.9 Å². The highest BCUT2D eigenvalue weighted by molar-refractivity contribution is 5.76. The number of alkyl halides is 3. The van der Waals surface area contributed by atoms with Crippen molar-refractivity contribution in [2.45, 2.75) is 57.3 Å². The summed E-state index contributed by atoms with van der Waals surface area (Å²) >= 11 is 0. The van der Waals surface area contributed by atoms with Crippen molar-refractivity contribution in [3.8, 4) is 17.0 Å². The summed E-state index contributed by atoms with van der Waals surface area (Å²) < 4.78 is 43.8. The number of rotatable bonds is 9. The molecule has 0 amide bonds. The van der Waals surface area contributed by atoms with Gasteiger partial charge < -0.3 is 25.6 Å². The van der Waals surface area contributed by atoms with Crippen LogP contribution in [0.2, 0.25) is 0 Å². The van der Waals surface area contributed by atoms with Crippen LogP contribution in [-0.4, -0.2) is 58.2 Å². The van der Waals surface area contributed by atoms with E-state index in [1.807, 2.05) is 0 Å². The second kappa shape index (κ2) is 11.5. The molecule has 2 heterocycles. The molecule has 11 heteroatoms. The summed E-state index contributed by atoms with van der Waals surface area (Å²) in [5, 5.41) is 33.5. The molecule has 4 N–H and O–H groups in total. The molecule has 8 nitrogen and oxygen atoms in total.